The Labute approximate surface area is 72.2 Å². The molecular formula is C9H14N2O. The summed E-state index contributed by atoms with van der Waals surface area (Å²) in [5.41, 5.74) is 0. The van der Waals surface area contributed by atoms with Crippen LogP contribution in [-0.4, -0.2) is 10.1 Å². The molecule has 0 amide bonds. The zero-order valence-corrected chi connectivity index (χ0v) is 7.58. The quantitative estimate of drug-likeness (QED) is 0.691. The first kappa shape index (κ1) is 7.77. The molecule has 1 aliphatic rings. The lowest BCUT2D eigenvalue weighted by molar-refractivity contribution is 0.334. The van der Waals surface area contributed by atoms with Crippen molar-refractivity contribution in [3.05, 3.63) is 11.7 Å². The molecule has 1 fully saturated rings. The Balaban J connectivity index is 2.15. The molecule has 1 saturated carbocycles. The molecule has 0 bridgehead atoms. The maximum atomic E-state index is 5.16. The van der Waals surface area contributed by atoms with E-state index in [9.17, 15) is 0 Å². The van der Waals surface area contributed by atoms with Gasteiger partial charge in [0, 0.05) is 5.92 Å². The topological polar surface area (TPSA) is 38.9 Å². The zero-order chi connectivity index (χ0) is 8.55. The molecule has 0 radical (unpaired) electrons. The molecule has 0 spiro atoms. The largest absolute Gasteiger partial charge is 0.339 e. The number of nitrogens with zero attached hydrogens (tertiary/aromatic N) is 2. The fourth-order valence-corrected chi connectivity index (χ4v) is 1.67. The average Bonchev–Trinajstić information content (AvgIpc) is 2.78. The molecule has 1 aromatic heterocycles. The predicted molar refractivity (Wildman–Crippen MR) is 44.8 cm³/mol. The van der Waals surface area contributed by atoms with Crippen LogP contribution in [0.1, 0.15) is 43.8 Å². The molecule has 1 aliphatic carbocycles. The highest BCUT2D eigenvalue weighted by Crippen LogP contribution is 2.43. The first-order valence-electron chi connectivity index (χ1n) is 4.61. The number of aromatic nitrogens is 2. The van der Waals surface area contributed by atoms with E-state index in [4.69, 9.17) is 4.52 Å². The van der Waals surface area contributed by atoms with Crippen LogP contribution in [0.15, 0.2) is 4.52 Å². The maximum Gasteiger partial charge on any atom is 0.230 e. The molecule has 1 aromatic rings. The highest BCUT2D eigenvalue weighted by Gasteiger charge is 2.34. The van der Waals surface area contributed by atoms with Gasteiger partial charge in [0.25, 0.3) is 0 Å². The Bertz CT molecular complexity index is 265. The van der Waals surface area contributed by atoms with Gasteiger partial charge in [0.2, 0.25) is 5.89 Å². The van der Waals surface area contributed by atoms with Crippen LogP contribution in [0.25, 0.3) is 0 Å². The van der Waals surface area contributed by atoms with E-state index in [1.165, 1.54) is 12.8 Å². The van der Waals surface area contributed by atoms with Crippen molar-refractivity contribution in [1.82, 2.24) is 10.1 Å². The molecule has 2 rings (SSSR count). The summed E-state index contributed by atoms with van der Waals surface area (Å²) in [6, 6.07) is 0. The number of hydrogen-bond acceptors (Lipinski definition) is 3. The van der Waals surface area contributed by atoms with E-state index < -0.39 is 0 Å². The second-order valence-corrected chi connectivity index (χ2v) is 3.53. The molecule has 1 atom stereocenters. The van der Waals surface area contributed by atoms with Gasteiger partial charge in [-0.3, -0.25) is 0 Å². The van der Waals surface area contributed by atoms with Crippen LogP contribution < -0.4 is 0 Å². The van der Waals surface area contributed by atoms with Crippen LogP contribution in [-0.2, 0) is 0 Å². The third kappa shape index (κ3) is 1.36. The summed E-state index contributed by atoms with van der Waals surface area (Å²) in [4.78, 5) is 4.27. The van der Waals surface area contributed by atoms with Crippen LogP contribution >= 0.6 is 0 Å². The van der Waals surface area contributed by atoms with Gasteiger partial charge in [-0.1, -0.05) is 12.1 Å². The van der Waals surface area contributed by atoms with Crippen LogP contribution in [0.2, 0.25) is 0 Å². The van der Waals surface area contributed by atoms with Crippen molar-refractivity contribution in [2.24, 2.45) is 5.92 Å². The van der Waals surface area contributed by atoms with E-state index in [2.05, 4.69) is 17.1 Å². The standard InChI is InChI=1S/C9H14N2O/c1-3-8(7-4-5-7)9-10-6(2)11-12-9/h7-8H,3-5H2,1-2H3/t8-/m1/s1. The highest BCUT2D eigenvalue weighted by molar-refractivity contribution is 4.99. The second-order valence-electron chi connectivity index (χ2n) is 3.53. The lowest BCUT2D eigenvalue weighted by Crippen LogP contribution is -1.99. The predicted octanol–water partition coefficient (Wildman–Crippen LogP) is 2.28. The summed E-state index contributed by atoms with van der Waals surface area (Å²) in [7, 11) is 0. The van der Waals surface area contributed by atoms with E-state index in [1.54, 1.807) is 0 Å². The second kappa shape index (κ2) is 2.88. The van der Waals surface area contributed by atoms with Crippen molar-refractivity contribution < 1.29 is 4.52 Å². The smallest absolute Gasteiger partial charge is 0.230 e. The minimum absolute atomic E-state index is 0.520. The summed E-state index contributed by atoms with van der Waals surface area (Å²) < 4.78 is 5.16. The lowest BCUT2D eigenvalue weighted by Gasteiger charge is -2.06. The molecule has 1 heterocycles. The first-order chi connectivity index (χ1) is 5.81. The molecule has 12 heavy (non-hydrogen) atoms. The van der Waals surface area contributed by atoms with Crippen molar-refractivity contribution in [3.63, 3.8) is 0 Å². The van der Waals surface area contributed by atoms with Crippen LogP contribution in [0, 0.1) is 12.8 Å². The molecule has 66 valence electrons. The monoisotopic (exact) mass is 166 g/mol. The van der Waals surface area contributed by atoms with Crippen molar-refractivity contribution >= 4 is 0 Å². The van der Waals surface area contributed by atoms with E-state index in [0.29, 0.717) is 5.92 Å². The molecule has 0 aliphatic heterocycles. The third-order valence-electron chi connectivity index (χ3n) is 2.49. The van der Waals surface area contributed by atoms with Crippen LogP contribution in [0.3, 0.4) is 0 Å². The number of hydrogen-bond donors (Lipinski definition) is 0. The Morgan fingerprint density at radius 2 is 2.33 bits per heavy atom. The summed E-state index contributed by atoms with van der Waals surface area (Å²) in [5, 5.41) is 3.81. The van der Waals surface area contributed by atoms with E-state index >= 15 is 0 Å². The Kier molecular flexibility index (Phi) is 1.87. The average molecular weight is 166 g/mol. The summed E-state index contributed by atoms with van der Waals surface area (Å²) >= 11 is 0. The van der Waals surface area contributed by atoms with E-state index in [0.717, 1.165) is 24.1 Å². The Hall–Kier alpha value is -0.860. The van der Waals surface area contributed by atoms with Gasteiger partial charge in [-0.2, -0.15) is 4.98 Å². The minimum Gasteiger partial charge on any atom is -0.339 e. The molecule has 3 nitrogen and oxygen atoms in total. The van der Waals surface area contributed by atoms with E-state index in [1.807, 2.05) is 6.92 Å². The molecule has 0 N–H and O–H groups in total. The zero-order valence-electron chi connectivity index (χ0n) is 7.58. The summed E-state index contributed by atoms with van der Waals surface area (Å²) in [5.74, 6) is 2.93. The fourth-order valence-electron chi connectivity index (χ4n) is 1.67. The minimum atomic E-state index is 0.520. The number of aryl methyl sites for hydroxylation is 1. The van der Waals surface area contributed by atoms with E-state index in [-0.39, 0.29) is 0 Å². The first-order valence-corrected chi connectivity index (χ1v) is 4.61. The van der Waals surface area contributed by atoms with Gasteiger partial charge in [-0.25, -0.2) is 0 Å². The lowest BCUT2D eigenvalue weighted by atomic mass is 10.0. The SMILES string of the molecule is CC[C@@H](c1nc(C)no1)C1CC1. The molecule has 0 unspecified atom stereocenters. The molecule has 0 saturated heterocycles. The molecule has 0 aromatic carbocycles. The van der Waals surface area contributed by atoms with Gasteiger partial charge >= 0.3 is 0 Å². The van der Waals surface area contributed by atoms with Gasteiger partial charge in [0.1, 0.15) is 0 Å². The summed E-state index contributed by atoms with van der Waals surface area (Å²) in [6.07, 6.45) is 3.78. The van der Waals surface area contributed by atoms with Gasteiger partial charge in [0.15, 0.2) is 5.82 Å². The fraction of sp³-hybridized carbons (Fsp3) is 0.778. The Morgan fingerprint density at radius 1 is 1.58 bits per heavy atom. The number of rotatable bonds is 3. The summed E-state index contributed by atoms with van der Waals surface area (Å²) in [6.45, 7) is 4.05. The van der Waals surface area contributed by atoms with Gasteiger partial charge in [-0.15, -0.1) is 0 Å². The van der Waals surface area contributed by atoms with Crippen molar-refractivity contribution in [2.45, 2.75) is 39.0 Å². The van der Waals surface area contributed by atoms with Crippen LogP contribution in [0.4, 0.5) is 0 Å². The highest BCUT2D eigenvalue weighted by atomic mass is 16.5. The molecule has 3 heteroatoms. The maximum absolute atomic E-state index is 5.16. The van der Waals surface area contributed by atoms with Crippen molar-refractivity contribution in [2.75, 3.05) is 0 Å². The van der Waals surface area contributed by atoms with Gasteiger partial charge in [0.05, 0.1) is 0 Å². The van der Waals surface area contributed by atoms with Crippen LogP contribution in [0.5, 0.6) is 0 Å². The van der Waals surface area contributed by atoms with Crippen molar-refractivity contribution in [1.29, 1.82) is 0 Å². The van der Waals surface area contributed by atoms with Crippen molar-refractivity contribution in [3.8, 4) is 0 Å². The van der Waals surface area contributed by atoms with Gasteiger partial charge < -0.3 is 4.52 Å². The van der Waals surface area contributed by atoms with Gasteiger partial charge in [-0.05, 0) is 32.1 Å². The molecular weight excluding hydrogens is 152 g/mol. The normalized spacial score (nSPS) is 19.5. The third-order valence-corrected chi connectivity index (χ3v) is 2.49. The Morgan fingerprint density at radius 3 is 2.75 bits per heavy atom.